The molecule has 0 radical (unpaired) electrons. The summed E-state index contributed by atoms with van der Waals surface area (Å²) in [6.45, 7) is 13.8. The normalized spacial score (nSPS) is 25.8. The molecule has 188 valence electrons. The van der Waals surface area contributed by atoms with Gasteiger partial charge in [0, 0.05) is 12.0 Å². The van der Waals surface area contributed by atoms with Crippen molar-refractivity contribution in [3.63, 3.8) is 0 Å². The van der Waals surface area contributed by atoms with Crippen LogP contribution >= 0.6 is 11.8 Å². The van der Waals surface area contributed by atoms with Crippen LogP contribution < -0.4 is 4.74 Å². The van der Waals surface area contributed by atoms with E-state index in [1.165, 1.54) is 0 Å². The summed E-state index contributed by atoms with van der Waals surface area (Å²) in [6, 6.07) is 18.3. The molecule has 3 rings (SSSR count). The Morgan fingerprint density at radius 2 is 1.56 bits per heavy atom. The first-order valence-corrected chi connectivity index (χ1v) is 15.7. The van der Waals surface area contributed by atoms with Crippen molar-refractivity contribution in [2.45, 2.75) is 87.2 Å². The van der Waals surface area contributed by atoms with Gasteiger partial charge in [0.05, 0.1) is 19.8 Å². The molecular formula is C27H40O5SSi. The third kappa shape index (κ3) is 6.65. The van der Waals surface area contributed by atoms with Crippen LogP contribution in [0, 0.1) is 0 Å². The van der Waals surface area contributed by atoms with Crippen LogP contribution in [0.5, 0.6) is 5.75 Å². The Kier molecular flexibility index (Phi) is 9.28. The van der Waals surface area contributed by atoms with Crippen molar-refractivity contribution in [2.75, 3.05) is 14.2 Å². The second-order valence-corrected chi connectivity index (χ2v) is 16.2. The Bertz CT molecular complexity index is 884. The quantitative estimate of drug-likeness (QED) is 0.362. The van der Waals surface area contributed by atoms with Crippen LogP contribution in [0.15, 0.2) is 59.5 Å². The SMILES string of the molecule is COc1ccc(CO[C@H]2[C@@H](OC)[C@@H](C)O[C@@H](Sc3ccccc3)[C@@H]2O[Si](C)(C)C(C)(C)C)cc1. The molecule has 5 nitrogen and oxygen atoms in total. The zero-order valence-corrected chi connectivity index (χ0v) is 23.6. The van der Waals surface area contributed by atoms with Gasteiger partial charge in [-0.3, -0.25) is 0 Å². The van der Waals surface area contributed by atoms with E-state index in [1.807, 2.05) is 42.5 Å². The highest BCUT2D eigenvalue weighted by Crippen LogP contribution is 2.43. The second-order valence-electron chi connectivity index (χ2n) is 10.3. The number of hydrogen-bond donors (Lipinski definition) is 0. The molecule has 1 aliphatic rings. The van der Waals surface area contributed by atoms with E-state index in [4.69, 9.17) is 23.4 Å². The van der Waals surface area contributed by atoms with Gasteiger partial charge in [-0.1, -0.05) is 62.9 Å². The number of benzene rings is 2. The molecule has 1 heterocycles. The molecule has 0 aliphatic carbocycles. The highest BCUT2D eigenvalue weighted by atomic mass is 32.2. The third-order valence-electron chi connectivity index (χ3n) is 6.83. The molecule has 0 unspecified atom stereocenters. The molecule has 2 aromatic rings. The molecule has 1 fully saturated rings. The van der Waals surface area contributed by atoms with Crippen molar-refractivity contribution in [3.05, 3.63) is 60.2 Å². The van der Waals surface area contributed by atoms with Gasteiger partial charge in [0.2, 0.25) is 0 Å². The van der Waals surface area contributed by atoms with Gasteiger partial charge in [-0.15, -0.1) is 0 Å². The Balaban J connectivity index is 1.90. The van der Waals surface area contributed by atoms with E-state index in [0.717, 1.165) is 16.2 Å². The predicted octanol–water partition coefficient (Wildman–Crippen LogP) is 6.52. The van der Waals surface area contributed by atoms with Crippen molar-refractivity contribution >= 4 is 20.1 Å². The number of thioether (sulfide) groups is 1. The second kappa shape index (κ2) is 11.6. The van der Waals surface area contributed by atoms with Gasteiger partial charge in [-0.2, -0.15) is 0 Å². The fourth-order valence-electron chi connectivity index (χ4n) is 3.77. The van der Waals surface area contributed by atoms with Gasteiger partial charge >= 0.3 is 0 Å². The van der Waals surface area contributed by atoms with Gasteiger partial charge in [-0.05, 0) is 54.9 Å². The van der Waals surface area contributed by atoms with Gasteiger partial charge < -0.3 is 23.4 Å². The Morgan fingerprint density at radius 1 is 0.912 bits per heavy atom. The fourth-order valence-corrected chi connectivity index (χ4v) is 6.32. The van der Waals surface area contributed by atoms with E-state index >= 15 is 0 Å². The average molecular weight is 505 g/mol. The molecule has 7 heteroatoms. The molecule has 2 aromatic carbocycles. The van der Waals surface area contributed by atoms with Crippen LogP contribution in [0.1, 0.15) is 33.3 Å². The van der Waals surface area contributed by atoms with Crippen LogP contribution in [0.3, 0.4) is 0 Å². The lowest BCUT2D eigenvalue weighted by Crippen LogP contribution is -2.61. The van der Waals surface area contributed by atoms with E-state index in [-0.39, 0.29) is 34.9 Å². The summed E-state index contributed by atoms with van der Waals surface area (Å²) in [5.41, 5.74) is 0.868. The first-order valence-electron chi connectivity index (χ1n) is 11.9. The zero-order chi connectivity index (χ0) is 24.9. The fraction of sp³-hybridized carbons (Fsp3) is 0.556. The molecular weight excluding hydrogens is 464 g/mol. The van der Waals surface area contributed by atoms with Crippen molar-refractivity contribution in [1.82, 2.24) is 0 Å². The molecule has 0 N–H and O–H groups in total. The summed E-state index contributed by atoms with van der Waals surface area (Å²) in [6.07, 6.45) is -0.913. The van der Waals surface area contributed by atoms with E-state index in [2.05, 4.69) is 52.9 Å². The first-order chi connectivity index (χ1) is 16.1. The minimum Gasteiger partial charge on any atom is -0.497 e. The maximum Gasteiger partial charge on any atom is 0.192 e. The van der Waals surface area contributed by atoms with Gasteiger partial charge in [-0.25, -0.2) is 0 Å². The van der Waals surface area contributed by atoms with Crippen molar-refractivity contribution in [3.8, 4) is 5.75 Å². The maximum absolute atomic E-state index is 7.01. The predicted molar refractivity (Wildman–Crippen MR) is 141 cm³/mol. The minimum absolute atomic E-state index is 0.0567. The Hall–Kier alpha value is -1.35. The number of methoxy groups -OCH3 is 2. The molecule has 0 bridgehead atoms. The van der Waals surface area contributed by atoms with E-state index in [0.29, 0.717) is 6.61 Å². The van der Waals surface area contributed by atoms with Gasteiger partial charge in [0.25, 0.3) is 0 Å². The number of rotatable bonds is 9. The van der Waals surface area contributed by atoms with Crippen molar-refractivity contribution in [1.29, 1.82) is 0 Å². The molecule has 1 aliphatic heterocycles. The van der Waals surface area contributed by atoms with Crippen LogP contribution in [0.25, 0.3) is 0 Å². The summed E-state index contributed by atoms with van der Waals surface area (Å²) >= 11 is 1.69. The molecule has 0 amide bonds. The van der Waals surface area contributed by atoms with Crippen LogP contribution in [-0.4, -0.2) is 52.4 Å². The van der Waals surface area contributed by atoms with Gasteiger partial charge in [0.15, 0.2) is 8.32 Å². The summed E-state index contributed by atoms with van der Waals surface area (Å²) in [5, 5.41) is 0.0567. The molecule has 5 atom stereocenters. The summed E-state index contributed by atoms with van der Waals surface area (Å²) < 4.78 is 31.3. The number of ether oxygens (including phenoxy) is 4. The standard InChI is InChI=1S/C27H40O5SSi/c1-19-23(29-6)24(30-18-20-14-16-21(28-5)17-15-20)25(32-34(7,8)27(2,3)4)26(31-19)33-22-12-10-9-11-13-22/h9-17,19,23-26H,18H2,1-8H3/t19-,23+,24+,25-,26+/m1/s1. The lowest BCUT2D eigenvalue weighted by molar-refractivity contribution is -0.216. The third-order valence-corrected chi connectivity index (χ3v) is 12.5. The van der Waals surface area contributed by atoms with Crippen LogP contribution in [-0.2, 0) is 25.2 Å². The summed E-state index contributed by atoms with van der Waals surface area (Å²) in [7, 11) is 1.27. The maximum atomic E-state index is 7.01. The largest absolute Gasteiger partial charge is 0.497 e. The van der Waals surface area contributed by atoms with E-state index in [1.54, 1.807) is 26.0 Å². The number of hydrogen-bond acceptors (Lipinski definition) is 6. The highest BCUT2D eigenvalue weighted by Gasteiger charge is 2.50. The Labute approximate surface area is 210 Å². The minimum atomic E-state index is -2.12. The van der Waals surface area contributed by atoms with Crippen molar-refractivity contribution in [2.24, 2.45) is 0 Å². The summed E-state index contributed by atoms with van der Waals surface area (Å²) in [5.74, 6) is 0.830. The van der Waals surface area contributed by atoms with E-state index < -0.39 is 8.32 Å². The lowest BCUT2D eigenvalue weighted by atomic mass is 10.0. The average Bonchev–Trinajstić information content (AvgIpc) is 2.79. The molecule has 34 heavy (non-hydrogen) atoms. The summed E-state index contributed by atoms with van der Waals surface area (Å²) in [4.78, 5) is 1.15. The van der Waals surface area contributed by atoms with Crippen LogP contribution in [0.2, 0.25) is 18.1 Å². The van der Waals surface area contributed by atoms with Crippen LogP contribution in [0.4, 0.5) is 0 Å². The molecule has 0 saturated carbocycles. The zero-order valence-electron chi connectivity index (χ0n) is 21.7. The highest BCUT2D eigenvalue weighted by molar-refractivity contribution is 7.99. The van der Waals surface area contributed by atoms with Crippen molar-refractivity contribution < 1.29 is 23.4 Å². The molecule has 0 aromatic heterocycles. The monoisotopic (exact) mass is 504 g/mol. The topological polar surface area (TPSA) is 46.2 Å². The lowest BCUT2D eigenvalue weighted by Gasteiger charge is -2.49. The first kappa shape index (κ1) is 27.2. The Morgan fingerprint density at radius 3 is 2.12 bits per heavy atom. The molecule has 0 spiro atoms. The molecule has 1 saturated heterocycles. The smallest absolute Gasteiger partial charge is 0.192 e. The van der Waals surface area contributed by atoms with E-state index in [9.17, 15) is 0 Å². The van der Waals surface area contributed by atoms with Gasteiger partial charge in [0.1, 0.15) is 29.5 Å².